The van der Waals surface area contributed by atoms with Gasteiger partial charge in [0.15, 0.2) is 5.78 Å². The molecule has 0 fully saturated rings. The highest BCUT2D eigenvalue weighted by atomic mass is 16.5. The molecule has 0 spiro atoms. The topological polar surface area (TPSA) is 26.3 Å². The van der Waals surface area contributed by atoms with E-state index in [0.29, 0.717) is 12.0 Å². The van der Waals surface area contributed by atoms with Gasteiger partial charge in [-0.15, -0.1) is 6.42 Å². The summed E-state index contributed by atoms with van der Waals surface area (Å²) in [6, 6.07) is 0. The maximum Gasteiger partial charge on any atom is 0.188 e. The van der Waals surface area contributed by atoms with E-state index in [0.717, 1.165) is 30.6 Å². The van der Waals surface area contributed by atoms with Crippen LogP contribution < -0.4 is 0 Å². The Morgan fingerprint density at radius 3 is 2.93 bits per heavy atom. The highest BCUT2D eigenvalue weighted by Crippen LogP contribution is 2.30. The first-order chi connectivity index (χ1) is 7.20. The van der Waals surface area contributed by atoms with Gasteiger partial charge in [-0.1, -0.05) is 25.8 Å². The smallest absolute Gasteiger partial charge is 0.188 e. The fraction of sp³-hybridized carbons (Fsp3) is 0.462. The zero-order chi connectivity index (χ0) is 11.3. The fourth-order valence-electron chi connectivity index (χ4n) is 1.59. The van der Waals surface area contributed by atoms with Crippen molar-refractivity contribution in [2.75, 3.05) is 6.61 Å². The molecule has 1 aliphatic carbocycles. The van der Waals surface area contributed by atoms with Gasteiger partial charge in [-0.25, -0.2) is 0 Å². The molecule has 0 bridgehead atoms. The van der Waals surface area contributed by atoms with Crippen molar-refractivity contribution in [1.29, 1.82) is 0 Å². The molecule has 0 amide bonds. The van der Waals surface area contributed by atoms with Gasteiger partial charge in [0, 0.05) is 17.6 Å². The summed E-state index contributed by atoms with van der Waals surface area (Å²) in [5.74, 6) is 3.19. The molecule has 0 saturated heterocycles. The molecule has 0 aliphatic heterocycles. The molecular formula is C13H16O2. The minimum atomic E-state index is 0.0514. The van der Waals surface area contributed by atoms with E-state index in [1.54, 1.807) is 0 Å². The lowest BCUT2D eigenvalue weighted by atomic mass is 10.1. The molecule has 1 aliphatic rings. The van der Waals surface area contributed by atoms with Gasteiger partial charge >= 0.3 is 0 Å². The first-order valence-corrected chi connectivity index (χ1v) is 5.21. The summed E-state index contributed by atoms with van der Waals surface area (Å²) in [7, 11) is 0. The third-order valence-corrected chi connectivity index (χ3v) is 2.42. The van der Waals surface area contributed by atoms with Crippen LogP contribution in [-0.4, -0.2) is 12.4 Å². The van der Waals surface area contributed by atoms with E-state index in [1.807, 2.05) is 0 Å². The van der Waals surface area contributed by atoms with E-state index in [9.17, 15) is 4.79 Å². The Morgan fingerprint density at radius 1 is 1.60 bits per heavy atom. The van der Waals surface area contributed by atoms with Crippen LogP contribution in [0.15, 0.2) is 23.5 Å². The third kappa shape index (κ3) is 2.73. The van der Waals surface area contributed by atoms with Gasteiger partial charge in [0.1, 0.15) is 12.4 Å². The Kier molecular flexibility index (Phi) is 4.17. The van der Waals surface area contributed by atoms with Crippen LogP contribution in [-0.2, 0) is 9.53 Å². The fourth-order valence-corrected chi connectivity index (χ4v) is 1.59. The van der Waals surface area contributed by atoms with E-state index in [4.69, 9.17) is 11.2 Å². The van der Waals surface area contributed by atoms with E-state index >= 15 is 0 Å². The van der Waals surface area contributed by atoms with Gasteiger partial charge in [0.2, 0.25) is 0 Å². The summed E-state index contributed by atoms with van der Waals surface area (Å²) in [6.45, 7) is 6.05. The summed E-state index contributed by atoms with van der Waals surface area (Å²) in [5, 5.41) is 0. The van der Waals surface area contributed by atoms with E-state index in [1.165, 1.54) is 0 Å². The van der Waals surface area contributed by atoms with Crippen molar-refractivity contribution in [3.05, 3.63) is 23.5 Å². The SMILES string of the molecule is C#CCOC1=C(CCCC)C(=O)C(=C)C1. The van der Waals surface area contributed by atoms with Crippen molar-refractivity contribution < 1.29 is 9.53 Å². The maximum absolute atomic E-state index is 11.7. The molecule has 0 radical (unpaired) electrons. The van der Waals surface area contributed by atoms with Gasteiger partial charge in [-0.3, -0.25) is 4.79 Å². The molecule has 2 nitrogen and oxygen atoms in total. The average molecular weight is 204 g/mol. The van der Waals surface area contributed by atoms with E-state index in [2.05, 4.69) is 19.4 Å². The number of allylic oxidation sites excluding steroid dienone is 2. The zero-order valence-corrected chi connectivity index (χ0v) is 9.14. The number of unbranched alkanes of at least 4 members (excludes halogenated alkanes) is 1. The van der Waals surface area contributed by atoms with Crippen molar-refractivity contribution >= 4 is 5.78 Å². The summed E-state index contributed by atoms with van der Waals surface area (Å²) in [4.78, 5) is 11.7. The summed E-state index contributed by atoms with van der Waals surface area (Å²) >= 11 is 0. The van der Waals surface area contributed by atoms with Crippen LogP contribution in [0.25, 0.3) is 0 Å². The lowest BCUT2D eigenvalue weighted by Crippen LogP contribution is -1.99. The number of hydrogen-bond acceptors (Lipinski definition) is 2. The number of ether oxygens (including phenoxy) is 1. The van der Waals surface area contributed by atoms with Crippen LogP contribution in [0.5, 0.6) is 0 Å². The van der Waals surface area contributed by atoms with Gasteiger partial charge in [0.05, 0.1) is 0 Å². The normalized spacial score (nSPS) is 15.7. The second kappa shape index (κ2) is 5.41. The number of rotatable bonds is 5. The second-order valence-corrected chi connectivity index (χ2v) is 3.61. The molecule has 0 unspecified atom stereocenters. The van der Waals surface area contributed by atoms with E-state index < -0.39 is 0 Å². The highest BCUT2D eigenvalue weighted by Gasteiger charge is 2.26. The number of ketones is 1. The summed E-state index contributed by atoms with van der Waals surface area (Å²) in [6.07, 6.45) is 8.47. The minimum Gasteiger partial charge on any atom is -0.485 e. The zero-order valence-electron chi connectivity index (χ0n) is 9.14. The molecule has 80 valence electrons. The van der Waals surface area contributed by atoms with Gasteiger partial charge in [-0.2, -0.15) is 0 Å². The molecule has 1 rings (SSSR count). The number of Topliss-reactive ketones (excluding diaryl/α,β-unsaturated/α-hetero) is 1. The van der Waals surface area contributed by atoms with Crippen LogP contribution in [0.4, 0.5) is 0 Å². The minimum absolute atomic E-state index is 0.0514. The molecule has 0 N–H and O–H groups in total. The highest BCUT2D eigenvalue weighted by molar-refractivity contribution is 6.11. The summed E-state index contributed by atoms with van der Waals surface area (Å²) in [5.41, 5.74) is 1.39. The van der Waals surface area contributed by atoms with Gasteiger partial charge < -0.3 is 4.74 Å². The number of hydrogen-bond donors (Lipinski definition) is 0. The predicted molar refractivity (Wildman–Crippen MR) is 60.1 cm³/mol. The molecule has 0 saturated carbocycles. The average Bonchev–Trinajstić information content (AvgIpc) is 2.50. The van der Waals surface area contributed by atoms with Crippen LogP contribution in [0, 0.1) is 12.3 Å². The molecule has 15 heavy (non-hydrogen) atoms. The molecule has 0 aromatic carbocycles. The van der Waals surface area contributed by atoms with Crippen molar-refractivity contribution in [2.24, 2.45) is 0 Å². The Hall–Kier alpha value is -1.49. The van der Waals surface area contributed by atoms with Gasteiger partial charge in [-0.05, 0) is 12.8 Å². The predicted octanol–water partition coefficient (Wildman–Crippen LogP) is 2.61. The number of carbonyl (C=O) groups is 1. The molecule has 0 aromatic rings. The van der Waals surface area contributed by atoms with Crippen molar-refractivity contribution in [3.63, 3.8) is 0 Å². The molecule has 0 atom stereocenters. The standard InChI is InChI=1S/C13H16O2/c1-4-6-7-11-12(15-8-5-2)9-10(3)13(11)14/h2H,3-4,6-9H2,1H3. The van der Waals surface area contributed by atoms with E-state index in [-0.39, 0.29) is 12.4 Å². The molecule has 2 heteroatoms. The van der Waals surface area contributed by atoms with Crippen molar-refractivity contribution in [1.82, 2.24) is 0 Å². The lowest BCUT2D eigenvalue weighted by molar-refractivity contribution is -0.112. The Morgan fingerprint density at radius 2 is 2.33 bits per heavy atom. The Labute approximate surface area is 91.0 Å². The summed E-state index contributed by atoms with van der Waals surface area (Å²) < 4.78 is 5.36. The molecular weight excluding hydrogens is 188 g/mol. The molecule has 0 heterocycles. The number of carbonyl (C=O) groups excluding carboxylic acids is 1. The lowest BCUT2D eigenvalue weighted by Gasteiger charge is -2.05. The first-order valence-electron chi connectivity index (χ1n) is 5.21. The van der Waals surface area contributed by atoms with Gasteiger partial charge in [0.25, 0.3) is 0 Å². The van der Waals surface area contributed by atoms with Crippen LogP contribution >= 0.6 is 0 Å². The Bertz CT molecular complexity index is 342. The second-order valence-electron chi connectivity index (χ2n) is 3.61. The van der Waals surface area contributed by atoms with Crippen LogP contribution in [0.1, 0.15) is 32.6 Å². The first kappa shape index (κ1) is 11.6. The van der Waals surface area contributed by atoms with Crippen molar-refractivity contribution in [2.45, 2.75) is 32.6 Å². The Balaban J connectivity index is 2.74. The largest absolute Gasteiger partial charge is 0.485 e. The van der Waals surface area contributed by atoms with Crippen LogP contribution in [0.3, 0.4) is 0 Å². The number of terminal acetylenes is 1. The molecule has 0 aromatic heterocycles. The monoisotopic (exact) mass is 204 g/mol. The quantitative estimate of drug-likeness (QED) is 0.508. The van der Waals surface area contributed by atoms with Crippen molar-refractivity contribution in [3.8, 4) is 12.3 Å². The van der Waals surface area contributed by atoms with Crippen LogP contribution in [0.2, 0.25) is 0 Å². The third-order valence-electron chi connectivity index (χ3n) is 2.42. The maximum atomic E-state index is 11.7.